The molecule has 0 unspecified atom stereocenters. The SMILES string of the molecule is C=Cc1c(CC)cc(N/C=C\C(=C)/C(=C\C=C/C)c2cccc(C)c2C)cc1CC. The maximum Gasteiger partial charge on any atom is 0.0385 e. The summed E-state index contributed by atoms with van der Waals surface area (Å²) in [5.41, 5.74) is 10.9. The van der Waals surface area contributed by atoms with Crippen LogP contribution in [-0.2, 0) is 12.8 Å². The average Bonchev–Trinajstić information content (AvgIpc) is 2.75. The number of aryl methyl sites for hydroxylation is 3. The molecule has 0 saturated heterocycles. The topological polar surface area (TPSA) is 12.0 Å². The molecular formula is C29H35N. The van der Waals surface area contributed by atoms with E-state index in [1.807, 2.05) is 25.3 Å². The Morgan fingerprint density at radius 2 is 1.73 bits per heavy atom. The van der Waals surface area contributed by atoms with Gasteiger partial charge < -0.3 is 5.32 Å². The molecule has 1 nitrogen and oxygen atoms in total. The van der Waals surface area contributed by atoms with E-state index in [9.17, 15) is 0 Å². The summed E-state index contributed by atoms with van der Waals surface area (Å²) in [6.07, 6.45) is 14.2. The van der Waals surface area contributed by atoms with Gasteiger partial charge in [0.2, 0.25) is 0 Å². The minimum Gasteiger partial charge on any atom is -0.362 e. The first kappa shape index (κ1) is 23.2. The van der Waals surface area contributed by atoms with E-state index in [-0.39, 0.29) is 0 Å². The molecule has 0 fully saturated rings. The summed E-state index contributed by atoms with van der Waals surface area (Å²) in [6, 6.07) is 10.8. The molecule has 0 aromatic heterocycles. The lowest BCUT2D eigenvalue weighted by molar-refractivity contribution is 1.08. The summed E-state index contributed by atoms with van der Waals surface area (Å²) in [5.74, 6) is 0. The molecule has 30 heavy (non-hydrogen) atoms. The van der Waals surface area contributed by atoms with Crippen LogP contribution >= 0.6 is 0 Å². The van der Waals surface area contributed by atoms with E-state index in [1.54, 1.807) is 0 Å². The zero-order chi connectivity index (χ0) is 22.1. The van der Waals surface area contributed by atoms with E-state index in [0.29, 0.717) is 0 Å². The molecule has 156 valence electrons. The van der Waals surface area contributed by atoms with Gasteiger partial charge in [-0.05, 0) is 96.3 Å². The Labute approximate surface area is 183 Å². The molecule has 0 aliphatic carbocycles. The van der Waals surface area contributed by atoms with Crippen LogP contribution in [0.25, 0.3) is 11.6 Å². The van der Waals surface area contributed by atoms with E-state index in [0.717, 1.165) is 29.7 Å². The lowest BCUT2D eigenvalue weighted by Crippen LogP contribution is -1.98. The van der Waals surface area contributed by atoms with Crippen LogP contribution in [-0.4, -0.2) is 0 Å². The van der Waals surface area contributed by atoms with Crippen molar-refractivity contribution >= 4 is 17.3 Å². The molecule has 0 saturated carbocycles. The number of benzene rings is 2. The van der Waals surface area contributed by atoms with Crippen molar-refractivity contribution in [3.8, 4) is 0 Å². The predicted octanol–water partition coefficient (Wildman–Crippen LogP) is 8.21. The molecule has 0 amide bonds. The summed E-state index contributed by atoms with van der Waals surface area (Å²) in [7, 11) is 0. The third-order valence-electron chi connectivity index (χ3n) is 5.55. The van der Waals surface area contributed by atoms with Crippen LogP contribution in [0.5, 0.6) is 0 Å². The van der Waals surface area contributed by atoms with Gasteiger partial charge in [-0.2, -0.15) is 0 Å². The molecule has 0 aliphatic heterocycles. The molecule has 0 heterocycles. The van der Waals surface area contributed by atoms with Gasteiger partial charge in [0.25, 0.3) is 0 Å². The van der Waals surface area contributed by atoms with Gasteiger partial charge in [0.15, 0.2) is 0 Å². The molecule has 2 rings (SSSR count). The third-order valence-corrected chi connectivity index (χ3v) is 5.55. The van der Waals surface area contributed by atoms with Crippen LogP contribution in [0.15, 0.2) is 79.6 Å². The Kier molecular flexibility index (Phi) is 8.68. The van der Waals surface area contributed by atoms with Crippen molar-refractivity contribution < 1.29 is 0 Å². The van der Waals surface area contributed by atoms with Crippen molar-refractivity contribution in [1.82, 2.24) is 0 Å². The van der Waals surface area contributed by atoms with Crippen LogP contribution in [0.1, 0.15) is 54.2 Å². The average molecular weight is 398 g/mol. The van der Waals surface area contributed by atoms with Crippen LogP contribution in [0.2, 0.25) is 0 Å². The highest BCUT2D eigenvalue weighted by Gasteiger charge is 2.09. The predicted molar refractivity (Wildman–Crippen MR) is 136 cm³/mol. The van der Waals surface area contributed by atoms with E-state index in [4.69, 9.17) is 0 Å². The first-order valence-corrected chi connectivity index (χ1v) is 10.8. The first-order chi connectivity index (χ1) is 14.5. The normalized spacial score (nSPS) is 12.0. The van der Waals surface area contributed by atoms with Gasteiger partial charge in [0.05, 0.1) is 0 Å². The zero-order valence-electron chi connectivity index (χ0n) is 19.2. The van der Waals surface area contributed by atoms with Crippen molar-refractivity contribution in [2.75, 3.05) is 5.32 Å². The second kappa shape index (κ2) is 11.2. The third kappa shape index (κ3) is 5.51. The highest BCUT2D eigenvalue weighted by atomic mass is 14.8. The summed E-state index contributed by atoms with van der Waals surface area (Å²) in [5, 5.41) is 3.44. The number of nitrogens with one attached hydrogen (secondary N) is 1. The maximum absolute atomic E-state index is 4.34. The van der Waals surface area contributed by atoms with E-state index in [2.05, 4.69) is 94.7 Å². The van der Waals surface area contributed by atoms with Crippen LogP contribution in [0, 0.1) is 13.8 Å². The standard InChI is InChI=1S/C29H35N/c1-8-12-15-28(29-16-13-14-21(5)23(29)7)22(6)17-18-30-26-19-24(9-2)27(11-4)25(10-3)20-26/h8,11-20,30H,4,6,9-10H2,1-3,5,7H3/b12-8-,18-17-,28-15+. The minimum absolute atomic E-state index is 0.975. The summed E-state index contributed by atoms with van der Waals surface area (Å²) in [6.45, 7) is 19.0. The number of anilines is 1. The van der Waals surface area contributed by atoms with E-state index < -0.39 is 0 Å². The molecule has 0 atom stereocenters. The summed E-state index contributed by atoms with van der Waals surface area (Å²) < 4.78 is 0. The molecule has 1 heteroatoms. The Balaban J connectivity index is 2.31. The molecular weight excluding hydrogens is 362 g/mol. The van der Waals surface area contributed by atoms with Crippen molar-refractivity contribution in [1.29, 1.82) is 0 Å². The monoisotopic (exact) mass is 397 g/mol. The lowest BCUT2D eigenvalue weighted by atomic mass is 9.92. The van der Waals surface area contributed by atoms with Crippen molar-refractivity contribution in [2.45, 2.75) is 47.5 Å². The number of allylic oxidation sites excluding steroid dienone is 6. The van der Waals surface area contributed by atoms with Gasteiger partial charge in [0.1, 0.15) is 0 Å². The summed E-state index contributed by atoms with van der Waals surface area (Å²) >= 11 is 0. The fourth-order valence-electron chi connectivity index (χ4n) is 3.64. The number of hydrogen-bond donors (Lipinski definition) is 1. The zero-order valence-corrected chi connectivity index (χ0v) is 19.2. The second-order valence-corrected chi connectivity index (χ2v) is 7.48. The Bertz CT molecular complexity index is 974. The van der Waals surface area contributed by atoms with Gasteiger partial charge in [-0.15, -0.1) is 0 Å². The number of hydrogen-bond acceptors (Lipinski definition) is 1. The largest absolute Gasteiger partial charge is 0.362 e. The highest BCUT2D eigenvalue weighted by molar-refractivity contribution is 5.84. The lowest BCUT2D eigenvalue weighted by Gasteiger charge is -2.14. The molecule has 2 aromatic carbocycles. The van der Waals surface area contributed by atoms with Crippen LogP contribution < -0.4 is 5.32 Å². The van der Waals surface area contributed by atoms with E-state index in [1.165, 1.54) is 33.4 Å². The van der Waals surface area contributed by atoms with Gasteiger partial charge in [0, 0.05) is 11.9 Å². The van der Waals surface area contributed by atoms with Gasteiger partial charge in [-0.3, -0.25) is 0 Å². The van der Waals surface area contributed by atoms with Gasteiger partial charge in [-0.25, -0.2) is 0 Å². The Morgan fingerprint density at radius 1 is 1.07 bits per heavy atom. The molecule has 1 N–H and O–H groups in total. The van der Waals surface area contributed by atoms with Crippen LogP contribution in [0.4, 0.5) is 5.69 Å². The maximum atomic E-state index is 4.34. The highest BCUT2D eigenvalue weighted by Crippen LogP contribution is 2.28. The quantitative estimate of drug-likeness (QED) is 0.420. The van der Waals surface area contributed by atoms with Gasteiger partial charge in [-0.1, -0.05) is 69.5 Å². The van der Waals surface area contributed by atoms with Crippen molar-refractivity contribution in [3.63, 3.8) is 0 Å². The van der Waals surface area contributed by atoms with Crippen molar-refractivity contribution in [3.05, 3.63) is 113 Å². The minimum atomic E-state index is 0.975. The Hall–Kier alpha value is -3.06. The van der Waals surface area contributed by atoms with E-state index >= 15 is 0 Å². The molecule has 0 aliphatic rings. The summed E-state index contributed by atoms with van der Waals surface area (Å²) in [4.78, 5) is 0. The van der Waals surface area contributed by atoms with Crippen molar-refractivity contribution in [2.24, 2.45) is 0 Å². The first-order valence-electron chi connectivity index (χ1n) is 10.8. The number of rotatable bonds is 9. The fourth-order valence-corrected chi connectivity index (χ4v) is 3.64. The fraction of sp³-hybridized carbons (Fsp3) is 0.241. The second-order valence-electron chi connectivity index (χ2n) is 7.48. The molecule has 0 spiro atoms. The molecule has 2 aromatic rings. The smallest absolute Gasteiger partial charge is 0.0385 e. The molecule has 0 bridgehead atoms. The van der Waals surface area contributed by atoms with Crippen LogP contribution in [0.3, 0.4) is 0 Å². The van der Waals surface area contributed by atoms with Gasteiger partial charge >= 0.3 is 0 Å². The molecule has 0 radical (unpaired) electrons. The Morgan fingerprint density at radius 3 is 2.30 bits per heavy atom.